The molecule has 0 aliphatic carbocycles. The molecule has 2 N–H and O–H groups in total. The largest absolute Gasteiger partial charge is 0.380 e. The van der Waals surface area contributed by atoms with Crippen LogP contribution in [0, 0.1) is 0 Å². The first-order valence-electron chi connectivity index (χ1n) is 5.19. The fourth-order valence-electron chi connectivity index (χ4n) is 1.66. The van der Waals surface area contributed by atoms with Gasteiger partial charge >= 0.3 is 0 Å². The maximum Gasteiger partial charge on any atom is 0.183 e. The van der Waals surface area contributed by atoms with Crippen molar-refractivity contribution in [3.63, 3.8) is 0 Å². The Morgan fingerprint density at radius 1 is 1.28 bits per heavy atom. The number of aromatic nitrogens is 3. The zero-order chi connectivity index (χ0) is 12.5. The predicted octanol–water partition coefficient (Wildman–Crippen LogP) is 3.94. The minimum Gasteiger partial charge on any atom is -0.380 e. The van der Waals surface area contributed by atoms with Crippen molar-refractivity contribution in [2.24, 2.45) is 0 Å². The van der Waals surface area contributed by atoms with E-state index in [0.717, 1.165) is 21.5 Å². The number of nitrogens with one attached hydrogen (secondary N) is 2. The van der Waals surface area contributed by atoms with Gasteiger partial charge in [0.05, 0.1) is 23.3 Å². The van der Waals surface area contributed by atoms with Crippen LogP contribution >= 0.6 is 34.5 Å². The van der Waals surface area contributed by atoms with Crippen LogP contribution in [0.3, 0.4) is 0 Å². The van der Waals surface area contributed by atoms with Crippen LogP contribution in [0.1, 0.15) is 4.88 Å². The van der Waals surface area contributed by atoms with Gasteiger partial charge in [0.15, 0.2) is 4.47 Å². The average Bonchev–Trinajstić information content (AvgIpc) is 2.95. The summed E-state index contributed by atoms with van der Waals surface area (Å²) in [6.45, 7) is 0.667. The Bertz CT molecular complexity index is 691. The summed E-state index contributed by atoms with van der Waals surface area (Å²) in [5, 5.41) is 11.7. The number of fused-ring (bicyclic) bond motifs is 1. The van der Waals surface area contributed by atoms with E-state index in [2.05, 4.69) is 20.5 Å². The standard InChI is InChI=1S/C11H8Cl2N4S/c12-9-1-6(2-10-8(9)5-16-17-10)14-3-7-4-15-11(13)18-7/h1-2,4-5,14H,3H2,(H,16,17). The van der Waals surface area contributed by atoms with E-state index in [9.17, 15) is 0 Å². The molecule has 3 aromatic rings. The van der Waals surface area contributed by atoms with Gasteiger partial charge < -0.3 is 5.32 Å². The Morgan fingerprint density at radius 3 is 2.94 bits per heavy atom. The molecular weight excluding hydrogens is 291 g/mol. The zero-order valence-electron chi connectivity index (χ0n) is 9.08. The average molecular weight is 299 g/mol. The minimum atomic E-state index is 0.550. The molecule has 0 bridgehead atoms. The lowest BCUT2D eigenvalue weighted by Crippen LogP contribution is -1.97. The van der Waals surface area contributed by atoms with E-state index in [4.69, 9.17) is 23.2 Å². The van der Waals surface area contributed by atoms with Crippen molar-refractivity contribution < 1.29 is 0 Å². The van der Waals surface area contributed by atoms with Crippen molar-refractivity contribution in [2.75, 3.05) is 5.32 Å². The highest BCUT2D eigenvalue weighted by atomic mass is 35.5. The maximum atomic E-state index is 6.16. The van der Waals surface area contributed by atoms with Crippen LogP contribution in [0.15, 0.2) is 24.5 Å². The normalized spacial score (nSPS) is 11.0. The summed E-state index contributed by atoms with van der Waals surface area (Å²) in [5.41, 5.74) is 1.84. The molecule has 2 heterocycles. The van der Waals surface area contributed by atoms with Crippen LogP contribution in [-0.4, -0.2) is 15.2 Å². The highest BCUT2D eigenvalue weighted by Crippen LogP contribution is 2.27. The lowest BCUT2D eigenvalue weighted by molar-refractivity contribution is 1.12. The van der Waals surface area contributed by atoms with Crippen LogP contribution < -0.4 is 5.32 Å². The first kappa shape index (κ1) is 11.8. The summed E-state index contributed by atoms with van der Waals surface area (Å²) in [4.78, 5) is 5.06. The molecule has 0 spiro atoms. The van der Waals surface area contributed by atoms with Gasteiger partial charge in [0.1, 0.15) is 0 Å². The van der Waals surface area contributed by atoms with Gasteiger partial charge in [0.2, 0.25) is 0 Å². The summed E-state index contributed by atoms with van der Waals surface area (Å²) < 4.78 is 0.550. The van der Waals surface area contributed by atoms with Crippen molar-refractivity contribution >= 4 is 51.1 Å². The number of hydrogen-bond acceptors (Lipinski definition) is 4. The molecule has 0 unspecified atom stereocenters. The van der Waals surface area contributed by atoms with Gasteiger partial charge in [-0.15, -0.1) is 11.3 Å². The molecule has 7 heteroatoms. The second-order valence-electron chi connectivity index (χ2n) is 3.72. The molecular formula is C11H8Cl2N4S. The zero-order valence-corrected chi connectivity index (χ0v) is 11.4. The molecule has 1 aromatic carbocycles. The maximum absolute atomic E-state index is 6.16. The predicted molar refractivity (Wildman–Crippen MR) is 75.6 cm³/mol. The first-order chi connectivity index (χ1) is 8.72. The molecule has 0 fully saturated rings. The van der Waals surface area contributed by atoms with E-state index in [1.165, 1.54) is 11.3 Å². The first-order valence-corrected chi connectivity index (χ1v) is 6.76. The van der Waals surface area contributed by atoms with E-state index in [1.807, 2.05) is 12.1 Å². The third-order valence-corrected chi connectivity index (χ3v) is 3.93. The monoisotopic (exact) mass is 298 g/mol. The van der Waals surface area contributed by atoms with Crippen LogP contribution in [-0.2, 0) is 6.54 Å². The van der Waals surface area contributed by atoms with Gasteiger partial charge in [-0.05, 0) is 12.1 Å². The van der Waals surface area contributed by atoms with Crippen molar-refractivity contribution in [1.82, 2.24) is 15.2 Å². The third-order valence-electron chi connectivity index (χ3n) is 2.50. The van der Waals surface area contributed by atoms with E-state index in [0.29, 0.717) is 16.0 Å². The van der Waals surface area contributed by atoms with Crippen molar-refractivity contribution in [3.8, 4) is 0 Å². The lowest BCUT2D eigenvalue weighted by atomic mass is 10.2. The molecule has 0 aliphatic heterocycles. The quantitative estimate of drug-likeness (QED) is 0.770. The molecule has 18 heavy (non-hydrogen) atoms. The van der Waals surface area contributed by atoms with Gasteiger partial charge in [-0.2, -0.15) is 5.10 Å². The Labute approximate surface area is 117 Å². The Balaban J connectivity index is 1.82. The van der Waals surface area contributed by atoms with Gasteiger partial charge in [0, 0.05) is 22.1 Å². The third kappa shape index (κ3) is 2.29. The second-order valence-corrected chi connectivity index (χ2v) is 5.83. The molecule has 0 aliphatic rings. The van der Waals surface area contributed by atoms with Crippen molar-refractivity contribution in [2.45, 2.75) is 6.54 Å². The number of aromatic amines is 1. The van der Waals surface area contributed by atoms with E-state index < -0.39 is 0 Å². The van der Waals surface area contributed by atoms with Gasteiger partial charge in [-0.25, -0.2) is 4.98 Å². The fourth-order valence-corrected chi connectivity index (χ4v) is 2.85. The van der Waals surface area contributed by atoms with Crippen LogP contribution in [0.2, 0.25) is 9.49 Å². The molecule has 0 saturated heterocycles. The SMILES string of the molecule is Clc1ncc(CNc2cc(Cl)c3cn[nH]c3c2)s1. The Hall–Kier alpha value is -1.30. The van der Waals surface area contributed by atoms with Crippen LogP contribution in [0.4, 0.5) is 5.69 Å². The van der Waals surface area contributed by atoms with E-state index >= 15 is 0 Å². The minimum absolute atomic E-state index is 0.550. The van der Waals surface area contributed by atoms with Crippen molar-refractivity contribution in [1.29, 1.82) is 0 Å². The van der Waals surface area contributed by atoms with Gasteiger partial charge in [-0.3, -0.25) is 5.10 Å². The summed E-state index contributed by atoms with van der Waals surface area (Å²) in [7, 11) is 0. The van der Waals surface area contributed by atoms with E-state index in [1.54, 1.807) is 12.4 Å². The van der Waals surface area contributed by atoms with Crippen LogP contribution in [0.25, 0.3) is 10.9 Å². The number of H-pyrrole nitrogens is 1. The lowest BCUT2D eigenvalue weighted by Gasteiger charge is -2.05. The van der Waals surface area contributed by atoms with Gasteiger partial charge in [0.25, 0.3) is 0 Å². The number of thiazole rings is 1. The van der Waals surface area contributed by atoms with Gasteiger partial charge in [-0.1, -0.05) is 23.2 Å². The summed E-state index contributed by atoms with van der Waals surface area (Å²) in [6.07, 6.45) is 3.47. The molecule has 3 rings (SSSR count). The molecule has 0 saturated carbocycles. The molecule has 0 atom stereocenters. The Morgan fingerprint density at radius 2 is 2.17 bits per heavy atom. The number of nitrogens with zero attached hydrogens (tertiary/aromatic N) is 2. The Kier molecular flexibility index (Phi) is 3.11. The molecule has 0 amide bonds. The summed E-state index contributed by atoms with van der Waals surface area (Å²) in [6, 6.07) is 3.85. The molecule has 4 nitrogen and oxygen atoms in total. The van der Waals surface area contributed by atoms with E-state index in [-0.39, 0.29) is 0 Å². The second kappa shape index (κ2) is 4.76. The number of benzene rings is 1. The fraction of sp³-hybridized carbons (Fsp3) is 0.0909. The number of rotatable bonds is 3. The highest BCUT2D eigenvalue weighted by Gasteiger charge is 2.05. The molecule has 0 radical (unpaired) electrons. The summed E-state index contributed by atoms with van der Waals surface area (Å²) >= 11 is 13.4. The number of hydrogen-bond donors (Lipinski definition) is 2. The van der Waals surface area contributed by atoms with Crippen LogP contribution in [0.5, 0.6) is 0 Å². The topological polar surface area (TPSA) is 53.6 Å². The molecule has 92 valence electrons. The van der Waals surface area contributed by atoms with Crippen molar-refractivity contribution in [3.05, 3.63) is 38.9 Å². The summed E-state index contributed by atoms with van der Waals surface area (Å²) in [5.74, 6) is 0. The smallest absolute Gasteiger partial charge is 0.183 e. The molecule has 2 aromatic heterocycles. The number of anilines is 1. The number of halogens is 2. The highest BCUT2D eigenvalue weighted by molar-refractivity contribution is 7.15.